The number of hydrogen-bond donors (Lipinski definition) is 2. The molecule has 148 valence electrons. The second-order valence-corrected chi connectivity index (χ2v) is 7.10. The third kappa shape index (κ3) is 4.82. The Bertz CT molecular complexity index is 971. The molecular formula is C22H23N5O2. The quantitative estimate of drug-likeness (QED) is 0.680. The number of rotatable bonds is 6. The van der Waals surface area contributed by atoms with E-state index in [4.69, 9.17) is 0 Å². The minimum Gasteiger partial charge on any atom is -0.336 e. The van der Waals surface area contributed by atoms with Crippen LogP contribution in [0.4, 0.5) is 10.5 Å². The van der Waals surface area contributed by atoms with Gasteiger partial charge in [0.05, 0.1) is 18.4 Å². The summed E-state index contributed by atoms with van der Waals surface area (Å²) in [4.78, 5) is 26.7. The van der Waals surface area contributed by atoms with Crippen molar-refractivity contribution in [2.24, 2.45) is 0 Å². The van der Waals surface area contributed by atoms with Gasteiger partial charge in [0.15, 0.2) is 0 Å². The number of aromatic nitrogens is 2. The van der Waals surface area contributed by atoms with Crippen molar-refractivity contribution in [3.63, 3.8) is 0 Å². The maximum absolute atomic E-state index is 12.6. The van der Waals surface area contributed by atoms with Crippen LogP contribution in [0.5, 0.6) is 0 Å². The van der Waals surface area contributed by atoms with E-state index in [9.17, 15) is 9.59 Å². The second-order valence-electron chi connectivity index (χ2n) is 7.10. The molecule has 1 unspecified atom stereocenters. The van der Waals surface area contributed by atoms with Gasteiger partial charge in [-0.15, -0.1) is 0 Å². The van der Waals surface area contributed by atoms with Gasteiger partial charge in [-0.1, -0.05) is 60.7 Å². The van der Waals surface area contributed by atoms with Crippen LogP contribution in [0.2, 0.25) is 0 Å². The molecule has 3 amide bonds. The number of benzene rings is 2. The van der Waals surface area contributed by atoms with Crippen LogP contribution in [-0.2, 0) is 17.9 Å². The lowest BCUT2D eigenvalue weighted by Crippen LogP contribution is -2.43. The van der Waals surface area contributed by atoms with Gasteiger partial charge in [0.25, 0.3) is 0 Å². The highest BCUT2D eigenvalue weighted by Gasteiger charge is 2.32. The number of nitrogens with zero attached hydrogens (tertiary/aromatic N) is 3. The minimum absolute atomic E-state index is 0.0521. The van der Waals surface area contributed by atoms with E-state index in [2.05, 4.69) is 15.7 Å². The van der Waals surface area contributed by atoms with Crippen LogP contribution in [-0.4, -0.2) is 39.2 Å². The largest absolute Gasteiger partial charge is 0.336 e. The number of urea groups is 1. The summed E-state index contributed by atoms with van der Waals surface area (Å²) in [5.74, 6) is -0.0521. The average molecular weight is 389 g/mol. The Balaban J connectivity index is 1.28. The summed E-state index contributed by atoms with van der Waals surface area (Å²) < 4.78 is 1.76. The van der Waals surface area contributed by atoms with Crippen molar-refractivity contribution in [3.8, 4) is 0 Å². The van der Waals surface area contributed by atoms with Crippen LogP contribution >= 0.6 is 0 Å². The van der Waals surface area contributed by atoms with Gasteiger partial charge in [-0.25, -0.2) is 4.79 Å². The van der Waals surface area contributed by atoms with Gasteiger partial charge in [0.1, 0.15) is 6.04 Å². The molecule has 0 aliphatic carbocycles. The van der Waals surface area contributed by atoms with E-state index in [1.54, 1.807) is 22.0 Å². The number of nitrogens with one attached hydrogen (secondary N) is 2. The van der Waals surface area contributed by atoms with Gasteiger partial charge in [-0.3, -0.25) is 9.48 Å². The number of amides is 3. The summed E-state index contributed by atoms with van der Waals surface area (Å²) in [6, 6.07) is 18.9. The third-order valence-electron chi connectivity index (χ3n) is 4.90. The second kappa shape index (κ2) is 8.60. The Morgan fingerprint density at radius 3 is 2.34 bits per heavy atom. The third-order valence-corrected chi connectivity index (χ3v) is 4.90. The van der Waals surface area contributed by atoms with Crippen molar-refractivity contribution in [1.29, 1.82) is 0 Å². The zero-order valence-corrected chi connectivity index (χ0v) is 16.0. The highest BCUT2D eigenvalue weighted by Crippen LogP contribution is 2.15. The Morgan fingerprint density at radius 2 is 1.66 bits per heavy atom. The first kappa shape index (κ1) is 18.7. The van der Waals surface area contributed by atoms with Crippen LogP contribution in [0.25, 0.3) is 0 Å². The smallest absolute Gasteiger partial charge is 0.319 e. The van der Waals surface area contributed by atoms with Crippen molar-refractivity contribution >= 4 is 17.6 Å². The maximum atomic E-state index is 12.6. The number of anilines is 1. The van der Waals surface area contributed by atoms with Crippen LogP contribution in [0, 0.1) is 0 Å². The van der Waals surface area contributed by atoms with Crippen molar-refractivity contribution in [2.45, 2.75) is 25.6 Å². The molecule has 2 aromatic carbocycles. The summed E-state index contributed by atoms with van der Waals surface area (Å²) in [6.07, 6.45) is 3.97. The predicted octanol–water partition coefficient (Wildman–Crippen LogP) is 2.85. The molecule has 1 atom stereocenters. The monoisotopic (exact) mass is 389 g/mol. The fourth-order valence-electron chi connectivity index (χ4n) is 3.44. The molecule has 2 N–H and O–H groups in total. The highest BCUT2D eigenvalue weighted by atomic mass is 16.2. The van der Waals surface area contributed by atoms with Crippen LogP contribution in [0.15, 0.2) is 73.1 Å². The van der Waals surface area contributed by atoms with Gasteiger partial charge in [-0.05, 0) is 17.5 Å². The van der Waals surface area contributed by atoms with Crippen LogP contribution in [0.3, 0.4) is 0 Å². The first-order chi connectivity index (χ1) is 14.2. The average Bonchev–Trinajstić information content (AvgIpc) is 3.31. The fraction of sp³-hybridized carbons (Fsp3) is 0.227. The molecule has 0 bridgehead atoms. The van der Waals surface area contributed by atoms with Gasteiger partial charge >= 0.3 is 6.03 Å². The minimum atomic E-state index is -0.502. The number of likely N-dealkylation sites (tertiary alicyclic amines) is 1. The molecular weight excluding hydrogens is 366 g/mol. The van der Waals surface area contributed by atoms with Gasteiger partial charge in [0.2, 0.25) is 5.91 Å². The zero-order valence-electron chi connectivity index (χ0n) is 16.0. The lowest BCUT2D eigenvalue weighted by molar-refractivity contribution is -0.129. The van der Waals surface area contributed by atoms with E-state index < -0.39 is 12.1 Å². The summed E-state index contributed by atoms with van der Waals surface area (Å²) in [5, 5.41) is 9.80. The Kier molecular flexibility index (Phi) is 5.56. The standard InChI is InChI=1S/C22H23N5O2/c28-21-20(11-12-26(21)14-17-7-3-1-4-8-17)25-22(29)24-19-13-23-27(16-19)15-18-9-5-2-6-10-18/h1-10,13,16,20H,11-12,14-15H2,(H2,24,25,29). The molecule has 0 saturated carbocycles. The van der Waals surface area contributed by atoms with Crippen molar-refractivity contribution in [1.82, 2.24) is 20.0 Å². The molecule has 4 rings (SSSR count). The molecule has 7 nitrogen and oxygen atoms in total. The molecule has 1 aliphatic rings. The van der Waals surface area contributed by atoms with Crippen molar-refractivity contribution in [2.75, 3.05) is 11.9 Å². The number of hydrogen-bond acceptors (Lipinski definition) is 3. The van der Waals surface area contributed by atoms with Gasteiger partial charge in [0, 0.05) is 19.3 Å². The molecule has 1 fully saturated rings. The molecule has 3 aromatic rings. The van der Waals surface area contributed by atoms with E-state index in [0.717, 1.165) is 11.1 Å². The number of carbonyl (C=O) groups excluding carboxylic acids is 2. The van der Waals surface area contributed by atoms with Crippen LogP contribution in [0.1, 0.15) is 17.5 Å². The molecule has 1 aliphatic heterocycles. The lowest BCUT2D eigenvalue weighted by Gasteiger charge is -2.17. The van der Waals surface area contributed by atoms with Crippen molar-refractivity contribution in [3.05, 3.63) is 84.2 Å². The molecule has 0 spiro atoms. The van der Waals surface area contributed by atoms with E-state index >= 15 is 0 Å². The highest BCUT2D eigenvalue weighted by molar-refractivity contribution is 5.94. The molecule has 1 aromatic heterocycles. The number of carbonyl (C=O) groups is 2. The Labute approximate surface area is 169 Å². The summed E-state index contributed by atoms with van der Waals surface area (Å²) in [7, 11) is 0. The predicted molar refractivity (Wildman–Crippen MR) is 110 cm³/mol. The van der Waals surface area contributed by atoms with Gasteiger partial charge in [-0.2, -0.15) is 5.10 Å². The molecule has 1 saturated heterocycles. The Hall–Kier alpha value is -3.61. The van der Waals surface area contributed by atoms with Gasteiger partial charge < -0.3 is 15.5 Å². The topological polar surface area (TPSA) is 79.3 Å². The molecule has 29 heavy (non-hydrogen) atoms. The first-order valence-electron chi connectivity index (χ1n) is 9.64. The molecule has 0 radical (unpaired) electrons. The SMILES string of the molecule is O=C(Nc1cnn(Cc2ccccc2)c1)NC1CCN(Cc2ccccc2)C1=O. The zero-order chi connectivity index (χ0) is 20.1. The summed E-state index contributed by atoms with van der Waals surface area (Å²) in [6.45, 7) is 1.82. The van der Waals surface area contributed by atoms with E-state index in [-0.39, 0.29) is 5.91 Å². The maximum Gasteiger partial charge on any atom is 0.319 e. The van der Waals surface area contributed by atoms with E-state index in [1.807, 2.05) is 60.7 Å². The van der Waals surface area contributed by atoms with E-state index in [1.165, 1.54) is 0 Å². The summed E-state index contributed by atoms with van der Waals surface area (Å²) >= 11 is 0. The first-order valence-corrected chi connectivity index (χ1v) is 9.64. The lowest BCUT2D eigenvalue weighted by atomic mass is 10.2. The summed E-state index contributed by atoms with van der Waals surface area (Å²) in [5.41, 5.74) is 2.79. The van der Waals surface area contributed by atoms with Crippen molar-refractivity contribution < 1.29 is 9.59 Å². The normalized spacial score (nSPS) is 16.1. The van der Waals surface area contributed by atoms with E-state index in [0.29, 0.717) is 31.7 Å². The molecule has 7 heteroatoms. The fourth-order valence-corrected chi connectivity index (χ4v) is 3.44. The van der Waals surface area contributed by atoms with Crippen LogP contribution < -0.4 is 10.6 Å². The molecule has 2 heterocycles. The Morgan fingerprint density at radius 1 is 1.00 bits per heavy atom.